The van der Waals surface area contributed by atoms with Crippen molar-refractivity contribution in [2.24, 2.45) is 11.8 Å². The predicted molar refractivity (Wildman–Crippen MR) is 72.2 cm³/mol. The van der Waals surface area contributed by atoms with Crippen LogP contribution < -0.4 is 5.32 Å². The third-order valence-corrected chi connectivity index (χ3v) is 4.67. The SMILES string of the molecule is O=C(CC1CCCCC1)NC1CCC(CO)CC1. The van der Waals surface area contributed by atoms with Gasteiger partial charge in [0.1, 0.15) is 0 Å². The lowest BCUT2D eigenvalue weighted by atomic mass is 9.85. The molecule has 0 spiro atoms. The van der Waals surface area contributed by atoms with Gasteiger partial charge in [-0.25, -0.2) is 0 Å². The smallest absolute Gasteiger partial charge is 0.220 e. The standard InChI is InChI=1S/C15H27NO2/c17-11-13-6-8-14(9-7-13)16-15(18)10-12-4-2-1-3-5-12/h12-14,17H,1-11H2,(H,16,18). The van der Waals surface area contributed by atoms with Crippen LogP contribution in [0.4, 0.5) is 0 Å². The molecule has 3 heteroatoms. The Morgan fingerprint density at radius 1 is 0.944 bits per heavy atom. The largest absolute Gasteiger partial charge is 0.396 e. The van der Waals surface area contributed by atoms with Gasteiger partial charge in [-0.2, -0.15) is 0 Å². The fourth-order valence-electron chi connectivity index (χ4n) is 3.43. The maximum absolute atomic E-state index is 12.0. The molecule has 0 bridgehead atoms. The molecular weight excluding hydrogens is 226 g/mol. The number of rotatable bonds is 4. The molecule has 2 fully saturated rings. The zero-order valence-electron chi connectivity index (χ0n) is 11.4. The third kappa shape index (κ3) is 4.27. The van der Waals surface area contributed by atoms with Crippen molar-refractivity contribution in [2.45, 2.75) is 70.3 Å². The molecule has 0 aromatic carbocycles. The van der Waals surface area contributed by atoms with E-state index in [0.29, 0.717) is 24.5 Å². The van der Waals surface area contributed by atoms with Crippen molar-refractivity contribution in [3.05, 3.63) is 0 Å². The van der Waals surface area contributed by atoms with E-state index in [4.69, 9.17) is 5.11 Å². The maximum Gasteiger partial charge on any atom is 0.220 e. The minimum Gasteiger partial charge on any atom is -0.396 e. The minimum absolute atomic E-state index is 0.259. The summed E-state index contributed by atoms with van der Waals surface area (Å²) in [4.78, 5) is 12.0. The first-order chi connectivity index (χ1) is 8.78. The molecule has 0 aliphatic heterocycles. The fourth-order valence-corrected chi connectivity index (χ4v) is 3.43. The number of nitrogens with one attached hydrogen (secondary N) is 1. The number of carbonyl (C=O) groups is 1. The molecule has 1 amide bonds. The second-order valence-corrected chi connectivity index (χ2v) is 6.18. The van der Waals surface area contributed by atoms with Gasteiger partial charge in [0.2, 0.25) is 5.91 Å². The van der Waals surface area contributed by atoms with E-state index in [0.717, 1.165) is 32.1 Å². The van der Waals surface area contributed by atoms with Gasteiger partial charge in [0.05, 0.1) is 0 Å². The molecule has 0 aromatic rings. The summed E-state index contributed by atoms with van der Waals surface area (Å²) >= 11 is 0. The highest BCUT2D eigenvalue weighted by Crippen LogP contribution is 2.27. The van der Waals surface area contributed by atoms with Gasteiger partial charge < -0.3 is 10.4 Å². The summed E-state index contributed by atoms with van der Waals surface area (Å²) in [5, 5.41) is 12.3. The fraction of sp³-hybridized carbons (Fsp3) is 0.933. The summed E-state index contributed by atoms with van der Waals surface area (Å²) in [6.07, 6.45) is 11.4. The first-order valence-corrected chi connectivity index (χ1v) is 7.68. The zero-order valence-corrected chi connectivity index (χ0v) is 11.4. The molecule has 104 valence electrons. The summed E-state index contributed by atoms with van der Waals surface area (Å²) in [6.45, 7) is 0.308. The van der Waals surface area contributed by atoms with Crippen molar-refractivity contribution in [2.75, 3.05) is 6.61 Å². The summed E-state index contributed by atoms with van der Waals surface area (Å²) in [5.74, 6) is 1.36. The van der Waals surface area contributed by atoms with Crippen molar-refractivity contribution in [1.29, 1.82) is 0 Å². The van der Waals surface area contributed by atoms with E-state index in [1.807, 2.05) is 0 Å². The number of hydrogen-bond acceptors (Lipinski definition) is 2. The second-order valence-electron chi connectivity index (χ2n) is 6.18. The van der Waals surface area contributed by atoms with Crippen LogP contribution in [-0.4, -0.2) is 23.7 Å². The van der Waals surface area contributed by atoms with Crippen LogP contribution in [-0.2, 0) is 4.79 Å². The molecule has 18 heavy (non-hydrogen) atoms. The highest BCUT2D eigenvalue weighted by Gasteiger charge is 2.23. The van der Waals surface area contributed by atoms with Crippen LogP contribution in [0.15, 0.2) is 0 Å². The molecule has 0 heterocycles. The summed E-state index contributed by atoms with van der Waals surface area (Å²) < 4.78 is 0. The van der Waals surface area contributed by atoms with Gasteiger partial charge in [-0.05, 0) is 50.4 Å². The van der Waals surface area contributed by atoms with E-state index < -0.39 is 0 Å². The van der Waals surface area contributed by atoms with Crippen molar-refractivity contribution < 1.29 is 9.90 Å². The normalized spacial score (nSPS) is 30.1. The molecule has 0 atom stereocenters. The Labute approximate surface area is 110 Å². The van der Waals surface area contributed by atoms with E-state index in [-0.39, 0.29) is 5.91 Å². The number of amides is 1. The molecule has 2 N–H and O–H groups in total. The highest BCUT2D eigenvalue weighted by molar-refractivity contribution is 5.76. The van der Waals surface area contributed by atoms with Gasteiger partial charge in [-0.3, -0.25) is 4.79 Å². The Bertz CT molecular complexity index is 253. The van der Waals surface area contributed by atoms with Crippen LogP contribution in [0.3, 0.4) is 0 Å². The van der Waals surface area contributed by atoms with Gasteiger partial charge in [0.15, 0.2) is 0 Å². The van der Waals surface area contributed by atoms with Crippen molar-refractivity contribution >= 4 is 5.91 Å². The topological polar surface area (TPSA) is 49.3 Å². The van der Waals surface area contributed by atoms with Crippen molar-refractivity contribution in [3.63, 3.8) is 0 Å². The quantitative estimate of drug-likeness (QED) is 0.809. The van der Waals surface area contributed by atoms with Crippen molar-refractivity contribution in [1.82, 2.24) is 5.32 Å². The van der Waals surface area contributed by atoms with Gasteiger partial charge in [-0.15, -0.1) is 0 Å². The molecule has 0 aromatic heterocycles. The third-order valence-electron chi connectivity index (χ3n) is 4.67. The zero-order chi connectivity index (χ0) is 12.8. The van der Waals surface area contributed by atoms with Crippen LogP contribution in [0, 0.1) is 11.8 Å². The lowest BCUT2D eigenvalue weighted by Crippen LogP contribution is -2.38. The molecule has 2 rings (SSSR count). The molecule has 2 saturated carbocycles. The summed E-state index contributed by atoms with van der Waals surface area (Å²) in [6, 6.07) is 0.365. The first-order valence-electron chi connectivity index (χ1n) is 7.68. The highest BCUT2D eigenvalue weighted by atomic mass is 16.3. The van der Waals surface area contributed by atoms with Gasteiger partial charge >= 0.3 is 0 Å². The average molecular weight is 253 g/mol. The lowest BCUT2D eigenvalue weighted by Gasteiger charge is -2.29. The monoisotopic (exact) mass is 253 g/mol. The van der Waals surface area contributed by atoms with Gasteiger partial charge in [0.25, 0.3) is 0 Å². The Morgan fingerprint density at radius 2 is 1.61 bits per heavy atom. The minimum atomic E-state index is 0.259. The number of carbonyl (C=O) groups excluding carboxylic acids is 1. The van der Waals surface area contributed by atoms with E-state index in [9.17, 15) is 4.79 Å². The number of aliphatic hydroxyl groups excluding tert-OH is 1. The number of hydrogen-bond donors (Lipinski definition) is 2. The second kappa shape index (κ2) is 7.13. The molecule has 2 aliphatic carbocycles. The summed E-state index contributed by atoms with van der Waals surface area (Å²) in [5.41, 5.74) is 0. The lowest BCUT2D eigenvalue weighted by molar-refractivity contribution is -0.123. The van der Waals surface area contributed by atoms with E-state index in [2.05, 4.69) is 5.32 Å². The molecular formula is C15H27NO2. The molecule has 0 saturated heterocycles. The Balaban J connectivity index is 1.65. The predicted octanol–water partition coefficient (Wildman–Crippen LogP) is 2.62. The Kier molecular flexibility index (Phi) is 5.48. The van der Waals surface area contributed by atoms with E-state index >= 15 is 0 Å². The van der Waals surface area contributed by atoms with Crippen LogP contribution >= 0.6 is 0 Å². The van der Waals surface area contributed by atoms with Gasteiger partial charge in [0, 0.05) is 19.1 Å². The Morgan fingerprint density at radius 3 is 2.22 bits per heavy atom. The van der Waals surface area contributed by atoms with Crippen LogP contribution in [0.25, 0.3) is 0 Å². The maximum atomic E-state index is 12.0. The molecule has 3 nitrogen and oxygen atoms in total. The average Bonchev–Trinajstić information content (AvgIpc) is 2.40. The molecule has 0 radical (unpaired) electrons. The first kappa shape index (κ1) is 13.9. The van der Waals surface area contributed by atoms with E-state index in [1.165, 1.54) is 32.1 Å². The van der Waals surface area contributed by atoms with Crippen molar-refractivity contribution in [3.8, 4) is 0 Å². The van der Waals surface area contributed by atoms with Crippen LogP contribution in [0.2, 0.25) is 0 Å². The van der Waals surface area contributed by atoms with Gasteiger partial charge in [-0.1, -0.05) is 19.3 Å². The molecule has 2 aliphatic rings. The Hall–Kier alpha value is -0.570. The van der Waals surface area contributed by atoms with E-state index in [1.54, 1.807) is 0 Å². The number of aliphatic hydroxyl groups is 1. The summed E-state index contributed by atoms with van der Waals surface area (Å²) in [7, 11) is 0. The molecule has 0 unspecified atom stereocenters. The van der Waals surface area contributed by atoms with Crippen LogP contribution in [0.1, 0.15) is 64.2 Å². The van der Waals surface area contributed by atoms with Crippen LogP contribution in [0.5, 0.6) is 0 Å².